The first kappa shape index (κ1) is 10.0. The van der Waals surface area contributed by atoms with Gasteiger partial charge in [-0.05, 0) is 6.42 Å². The van der Waals surface area contributed by atoms with Gasteiger partial charge in [-0.1, -0.05) is 30.1 Å². The molecule has 70 valence electrons. The van der Waals surface area contributed by atoms with Crippen LogP contribution in [0.5, 0.6) is 5.19 Å². The summed E-state index contributed by atoms with van der Waals surface area (Å²) in [5, 5.41) is 0.634. The van der Waals surface area contributed by atoms with E-state index >= 15 is 0 Å². The third kappa shape index (κ3) is 3.05. The van der Waals surface area contributed by atoms with E-state index in [-0.39, 0.29) is 6.04 Å². The maximum Gasteiger partial charge on any atom is 0.274 e. The third-order valence-corrected chi connectivity index (χ3v) is 2.35. The number of methoxy groups -OCH3 is 1. The second kappa shape index (κ2) is 4.85. The minimum Gasteiger partial charge on any atom is -0.473 e. The zero-order chi connectivity index (χ0) is 9.68. The van der Waals surface area contributed by atoms with Crippen LogP contribution in [0, 0.1) is 11.8 Å². The Bertz CT molecular complexity index is 324. The van der Waals surface area contributed by atoms with Crippen LogP contribution in [0.25, 0.3) is 0 Å². The van der Waals surface area contributed by atoms with E-state index in [4.69, 9.17) is 10.5 Å². The summed E-state index contributed by atoms with van der Waals surface area (Å²) in [5.41, 5.74) is 5.64. The van der Waals surface area contributed by atoms with Crippen molar-refractivity contribution in [1.29, 1.82) is 0 Å². The number of rotatable bonds is 2. The fourth-order valence-electron chi connectivity index (χ4n) is 0.676. The van der Waals surface area contributed by atoms with Crippen LogP contribution in [0.2, 0.25) is 0 Å². The standard InChI is InChI=1S/C9H12N2OS/c1-3-7(10)4-5-8-6-11-9(12-2)13-8/h6-7H,3,10H2,1-2H3. The molecule has 3 nitrogen and oxygen atoms in total. The molecule has 0 saturated heterocycles. The van der Waals surface area contributed by atoms with E-state index < -0.39 is 0 Å². The van der Waals surface area contributed by atoms with Crippen molar-refractivity contribution in [3.05, 3.63) is 11.1 Å². The van der Waals surface area contributed by atoms with Crippen LogP contribution in [0.1, 0.15) is 18.2 Å². The minimum atomic E-state index is -0.0481. The van der Waals surface area contributed by atoms with Crippen molar-refractivity contribution in [2.24, 2.45) is 5.73 Å². The van der Waals surface area contributed by atoms with Crippen molar-refractivity contribution < 1.29 is 4.74 Å². The van der Waals surface area contributed by atoms with Gasteiger partial charge in [0.05, 0.1) is 19.3 Å². The summed E-state index contributed by atoms with van der Waals surface area (Å²) in [7, 11) is 1.59. The minimum absolute atomic E-state index is 0.0481. The molecule has 0 aliphatic rings. The first-order valence-corrected chi connectivity index (χ1v) is 4.84. The van der Waals surface area contributed by atoms with Gasteiger partial charge in [-0.3, -0.25) is 0 Å². The quantitative estimate of drug-likeness (QED) is 0.724. The molecule has 2 N–H and O–H groups in total. The van der Waals surface area contributed by atoms with Crippen LogP contribution in [-0.4, -0.2) is 18.1 Å². The molecule has 1 aromatic heterocycles. The highest BCUT2D eigenvalue weighted by Crippen LogP contribution is 2.18. The van der Waals surface area contributed by atoms with E-state index in [0.29, 0.717) is 5.19 Å². The van der Waals surface area contributed by atoms with Gasteiger partial charge in [-0.25, -0.2) is 4.98 Å². The third-order valence-electron chi connectivity index (χ3n) is 1.48. The lowest BCUT2D eigenvalue weighted by molar-refractivity contribution is 0.412. The molecule has 1 heterocycles. The van der Waals surface area contributed by atoms with Gasteiger partial charge in [0.1, 0.15) is 4.88 Å². The summed E-state index contributed by atoms with van der Waals surface area (Å²) >= 11 is 1.42. The maximum atomic E-state index is 5.64. The number of nitrogens with two attached hydrogens (primary N) is 1. The van der Waals surface area contributed by atoms with Crippen molar-refractivity contribution in [1.82, 2.24) is 4.98 Å². The predicted molar refractivity (Wildman–Crippen MR) is 53.8 cm³/mol. The average Bonchev–Trinajstić information content (AvgIpc) is 2.61. The number of nitrogens with zero attached hydrogens (tertiary/aromatic N) is 1. The van der Waals surface area contributed by atoms with Crippen LogP contribution >= 0.6 is 11.3 Å². The molecule has 1 aromatic rings. The second-order valence-corrected chi connectivity index (χ2v) is 3.47. The zero-order valence-electron chi connectivity index (χ0n) is 7.70. The van der Waals surface area contributed by atoms with Crippen molar-refractivity contribution in [2.75, 3.05) is 7.11 Å². The highest BCUT2D eigenvalue weighted by atomic mass is 32.1. The van der Waals surface area contributed by atoms with Crippen molar-refractivity contribution in [3.8, 4) is 17.0 Å². The fraction of sp³-hybridized carbons (Fsp3) is 0.444. The lowest BCUT2D eigenvalue weighted by atomic mass is 10.2. The summed E-state index contributed by atoms with van der Waals surface area (Å²) in [5.74, 6) is 5.88. The SMILES string of the molecule is CCC(N)C#Cc1cnc(OC)s1. The van der Waals surface area contributed by atoms with E-state index in [1.807, 2.05) is 6.92 Å². The molecule has 0 radical (unpaired) electrons. The molecular weight excluding hydrogens is 184 g/mol. The maximum absolute atomic E-state index is 5.64. The Kier molecular flexibility index (Phi) is 3.74. The summed E-state index contributed by atoms with van der Waals surface area (Å²) in [4.78, 5) is 4.88. The van der Waals surface area contributed by atoms with Crippen LogP contribution in [-0.2, 0) is 0 Å². The molecule has 0 fully saturated rings. The van der Waals surface area contributed by atoms with Crippen molar-refractivity contribution in [3.63, 3.8) is 0 Å². The molecule has 4 heteroatoms. The molecule has 1 unspecified atom stereocenters. The number of hydrogen-bond acceptors (Lipinski definition) is 4. The van der Waals surface area contributed by atoms with Gasteiger partial charge in [0.15, 0.2) is 0 Å². The molecule has 1 atom stereocenters. The van der Waals surface area contributed by atoms with E-state index in [2.05, 4.69) is 16.8 Å². The summed E-state index contributed by atoms with van der Waals surface area (Å²) in [6.07, 6.45) is 2.56. The molecule has 0 aliphatic carbocycles. The van der Waals surface area contributed by atoms with Gasteiger partial charge in [0, 0.05) is 0 Å². The summed E-state index contributed by atoms with van der Waals surface area (Å²) in [6, 6.07) is -0.0481. The Morgan fingerprint density at radius 3 is 3.08 bits per heavy atom. The van der Waals surface area contributed by atoms with Gasteiger partial charge in [-0.15, -0.1) is 0 Å². The molecule has 0 bridgehead atoms. The van der Waals surface area contributed by atoms with E-state index in [0.717, 1.165) is 11.3 Å². The van der Waals surface area contributed by atoms with Crippen molar-refractivity contribution >= 4 is 11.3 Å². The highest BCUT2D eigenvalue weighted by Gasteiger charge is 1.97. The second-order valence-electron chi connectivity index (χ2n) is 2.48. The first-order chi connectivity index (χ1) is 6.26. The number of thiazole rings is 1. The average molecular weight is 196 g/mol. The Hall–Kier alpha value is -1.05. The Morgan fingerprint density at radius 2 is 2.54 bits per heavy atom. The molecule has 0 aromatic carbocycles. The van der Waals surface area contributed by atoms with Gasteiger partial charge in [0.2, 0.25) is 0 Å². The number of aromatic nitrogens is 1. The smallest absolute Gasteiger partial charge is 0.274 e. The van der Waals surface area contributed by atoms with Crippen molar-refractivity contribution in [2.45, 2.75) is 19.4 Å². The summed E-state index contributed by atoms with van der Waals surface area (Å²) < 4.78 is 4.94. The molecule has 13 heavy (non-hydrogen) atoms. The topological polar surface area (TPSA) is 48.1 Å². The van der Waals surface area contributed by atoms with Crippen LogP contribution in [0.3, 0.4) is 0 Å². The van der Waals surface area contributed by atoms with Crippen LogP contribution in [0.15, 0.2) is 6.20 Å². The van der Waals surface area contributed by atoms with Gasteiger partial charge >= 0.3 is 0 Å². The monoisotopic (exact) mass is 196 g/mol. The molecule has 0 aliphatic heterocycles. The Balaban J connectivity index is 2.66. The van der Waals surface area contributed by atoms with Crippen LogP contribution in [0.4, 0.5) is 0 Å². The number of hydrogen-bond donors (Lipinski definition) is 1. The lowest BCUT2D eigenvalue weighted by Gasteiger charge is -1.93. The molecule has 0 amide bonds. The van der Waals surface area contributed by atoms with E-state index in [9.17, 15) is 0 Å². The highest BCUT2D eigenvalue weighted by molar-refractivity contribution is 7.13. The van der Waals surface area contributed by atoms with Gasteiger partial charge in [0.25, 0.3) is 5.19 Å². The Morgan fingerprint density at radius 1 is 1.77 bits per heavy atom. The lowest BCUT2D eigenvalue weighted by Crippen LogP contribution is -2.15. The number of ether oxygens (including phenoxy) is 1. The molecule has 0 saturated carbocycles. The molecule has 1 rings (SSSR count). The van der Waals surface area contributed by atoms with E-state index in [1.54, 1.807) is 13.3 Å². The molecular formula is C9H12N2OS. The largest absolute Gasteiger partial charge is 0.473 e. The van der Waals surface area contributed by atoms with Gasteiger partial charge in [-0.2, -0.15) is 0 Å². The summed E-state index contributed by atoms with van der Waals surface area (Å²) in [6.45, 7) is 2.01. The normalized spacial score (nSPS) is 11.6. The van der Waals surface area contributed by atoms with Crippen LogP contribution < -0.4 is 10.5 Å². The van der Waals surface area contributed by atoms with E-state index in [1.165, 1.54) is 11.3 Å². The molecule has 0 spiro atoms. The van der Waals surface area contributed by atoms with Gasteiger partial charge < -0.3 is 10.5 Å². The predicted octanol–water partition coefficient (Wildman–Crippen LogP) is 1.24. The fourth-order valence-corrected chi connectivity index (χ4v) is 1.27. The first-order valence-electron chi connectivity index (χ1n) is 4.03. The Labute approximate surface area is 81.9 Å². The zero-order valence-corrected chi connectivity index (χ0v) is 8.52.